The smallest absolute Gasteiger partial charge is 0.0213 e. The van der Waals surface area contributed by atoms with Gasteiger partial charge in [-0.2, -0.15) is 0 Å². The maximum Gasteiger partial charge on any atom is 0.0213 e. The minimum Gasteiger partial charge on any atom is -0.307 e. The lowest BCUT2D eigenvalue weighted by molar-refractivity contribution is 0.206. The van der Waals surface area contributed by atoms with Gasteiger partial charge in [0.25, 0.3) is 0 Å². The Bertz CT molecular complexity index is 326. The number of hydrogen-bond donors (Lipinski definition) is 1. The van der Waals surface area contributed by atoms with Crippen LogP contribution in [0.3, 0.4) is 0 Å². The van der Waals surface area contributed by atoms with E-state index in [2.05, 4.69) is 43.4 Å². The molecule has 15 heavy (non-hydrogen) atoms. The molecule has 1 N–H and O–H groups in total. The molecule has 0 aliphatic heterocycles. The fourth-order valence-electron chi connectivity index (χ4n) is 2.27. The summed E-state index contributed by atoms with van der Waals surface area (Å²) >= 11 is 0. The van der Waals surface area contributed by atoms with Crippen molar-refractivity contribution in [2.75, 3.05) is 0 Å². The highest BCUT2D eigenvalue weighted by molar-refractivity contribution is 5.27. The van der Waals surface area contributed by atoms with Crippen molar-refractivity contribution < 1.29 is 0 Å². The first kappa shape index (κ1) is 10.7. The van der Waals surface area contributed by atoms with Crippen LogP contribution in [0.1, 0.15) is 44.2 Å². The third-order valence-corrected chi connectivity index (χ3v) is 3.66. The summed E-state index contributed by atoms with van der Waals surface area (Å²) < 4.78 is 0. The summed E-state index contributed by atoms with van der Waals surface area (Å²) in [6, 6.07) is 8.75. The van der Waals surface area contributed by atoms with Gasteiger partial charge in [0, 0.05) is 12.1 Å². The average molecular weight is 203 g/mol. The monoisotopic (exact) mass is 203 g/mol. The van der Waals surface area contributed by atoms with E-state index in [0.717, 1.165) is 13.0 Å². The van der Waals surface area contributed by atoms with Gasteiger partial charge in [-0.25, -0.2) is 0 Å². The molecule has 0 bridgehead atoms. The molecule has 1 saturated carbocycles. The molecule has 0 spiro atoms. The number of rotatable bonds is 4. The molecule has 0 heterocycles. The summed E-state index contributed by atoms with van der Waals surface area (Å²) in [6.45, 7) is 5.59. The molecule has 1 aliphatic carbocycles. The highest BCUT2D eigenvalue weighted by atomic mass is 15.0. The molecule has 82 valence electrons. The summed E-state index contributed by atoms with van der Waals surface area (Å²) in [5.74, 6) is 0. The Labute approximate surface area is 92.9 Å². The molecule has 1 nitrogen and oxygen atoms in total. The van der Waals surface area contributed by atoms with Gasteiger partial charge in [0.15, 0.2) is 0 Å². The zero-order valence-corrected chi connectivity index (χ0v) is 9.84. The summed E-state index contributed by atoms with van der Waals surface area (Å²) in [5.41, 5.74) is 3.36. The van der Waals surface area contributed by atoms with E-state index in [-0.39, 0.29) is 0 Å². The second kappa shape index (κ2) is 4.36. The summed E-state index contributed by atoms with van der Waals surface area (Å²) in [6.07, 6.45) is 5.19. The fourth-order valence-corrected chi connectivity index (χ4v) is 2.27. The van der Waals surface area contributed by atoms with Crippen molar-refractivity contribution in [3.8, 4) is 0 Å². The molecule has 2 rings (SSSR count). The molecule has 1 aromatic carbocycles. The van der Waals surface area contributed by atoms with Crippen molar-refractivity contribution in [1.29, 1.82) is 0 Å². The zero-order chi connectivity index (χ0) is 10.7. The predicted octanol–water partition coefficient (Wildman–Crippen LogP) is 3.28. The van der Waals surface area contributed by atoms with E-state index in [9.17, 15) is 0 Å². The number of hydrogen-bond acceptors (Lipinski definition) is 1. The second-order valence-corrected chi connectivity index (χ2v) is 4.89. The Balaban J connectivity index is 1.98. The van der Waals surface area contributed by atoms with E-state index in [1.165, 1.54) is 30.4 Å². The lowest BCUT2D eigenvalue weighted by Crippen LogP contribution is -2.47. The van der Waals surface area contributed by atoms with Crippen molar-refractivity contribution in [2.45, 2.75) is 51.6 Å². The van der Waals surface area contributed by atoms with Crippen molar-refractivity contribution in [1.82, 2.24) is 5.32 Å². The summed E-state index contributed by atoms with van der Waals surface area (Å²) in [5, 5.41) is 3.69. The predicted molar refractivity (Wildman–Crippen MR) is 64.9 cm³/mol. The zero-order valence-electron chi connectivity index (χ0n) is 9.84. The van der Waals surface area contributed by atoms with Crippen molar-refractivity contribution in [2.24, 2.45) is 0 Å². The van der Waals surface area contributed by atoms with Crippen LogP contribution in [-0.4, -0.2) is 5.54 Å². The molecular formula is C14H21N. The highest BCUT2D eigenvalue weighted by Gasteiger charge is 2.30. The first-order valence-electron chi connectivity index (χ1n) is 6.05. The van der Waals surface area contributed by atoms with E-state index in [0.29, 0.717) is 5.54 Å². The van der Waals surface area contributed by atoms with Crippen LogP contribution in [-0.2, 0) is 13.0 Å². The molecule has 0 aromatic heterocycles. The number of nitrogens with one attached hydrogen (secondary N) is 1. The van der Waals surface area contributed by atoms with Gasteiger partial charge in [-0.1, -0.05) is 31.2 Å². The molecule has 1 aliphatic rings. The second-order valence-electron chi connectivity index (χ2n) is 4.89. The Morgan fingerprint density at radius 1 is 1.20 bits per heavy atom. The van der Waals surface area contributed by atoms with Gasteiger partial charge in [-0.15, -0.1) is 0 Å². The Hall–Kier alpha value is -0.820. The minimum absolute atomic E-state index is 0.418. The highest BCUT2D eigenvalue weighted by Crippen LogP contribution is 2.31. The van der Waals surface area contributed by atoms with E-state index in [4.69, 9.17) is 0 Å². The Morgan fingerprint density at radius 3 is 2.40 bits per heavy atom. The van der Waals surface area contributed by atoms with Crippen LogP contribution in [0.15, 0.2) is 24.3 Å². The van der Waals surface area contributed by atoms with E-state index >= 15 is 0 Å². The maximum absolute atomic E-state index is 3.69. The van der Waals surface area contributed by atoms with E-state index < -0.39 is 0 Å². The van der Waals surface area contributed by atoms with Gasteiger partial charge in [-0.05, 0) is 43.7 Å². The topological polar surface area (TPSA) is 12.0 Å². The van der Waals surface area contributed by atoms with Crippen molar-refractivity contribution >= 4 is 0 Å². The van der Waals surface area contributed by atoms with Gasteiger partial charge in [0.05, 0.1) is 0 Å². The quantitative estimate of drug-likeness (QED) is 0.792. The molecule has 0 saturated heterocycles. The number of benzene rings is 1. The average Bonchev–Trinajstić information content (AvgIpc) is 2.24. The number of aryl methyl sites for hydroxylation is 1. The normalized spacial score (nSPS) is 18.5. The molecule has 0 atom stereocenters. The van der Waals surface area contributed by atoms with Gasteiger partial charge in [-0.3, -0.25) is 0 Å². The first-order valence-corrected chi connectivity index (χ1v) is 6.05. The van der Waals surface area contributed by atoms with Crippen molar-refractivity contribution in [3.05, 3.63) is 35.4 Å². The maximum atomic E-state index is 3.69. The van der Waals surface area contributed by atoms with Crippen LogP contribution in [0.2, 0.25) is 0 Å². The first-order chi connectivity index (χ1) is 7.23. The molecule has 0 amide bonds. The van der Waals surface area contributed by atoms with E-state index in [1.807, 2.05) is 0 Å². The standard InChI is InChI=1S/C14H21N/c1-3-12-7-4-5-8-13(12)11-15-14(2)9-6-10-14/h4-5,7-8,15H,3,6,9-11H2,1-2H3. The SMILES string of the molecule is CCc1ccccc1CNC1(C)CCC1. The van der Waals surface area contributed by atoms with Crippen LogP contribution in [0.5, 0.6) is 0 Å². The van der Waals surface area contributed by atoms with E-state index in [1.54, 1.807) is 0 Å². The third-order valence-electron chi connectivity index (χ3n) is 3.66. The largest absolute Gasteiger partial charge is 0.307 e. The Kier molecular flexibility index (Phi) is 3.11. The van der Waals surface area contributed by atoms with Gasteiger partial charge in [0.2, 0.25) is 0 Å². The van der Waals surface area contributed by atoms with Crippen LogP contribution in [0.25, 0.3) is 0 Å². The Morgan fingerprint density at radius 2 is 1.87 bits per heavy atom. The van der Waals surface area contributed by atoms with Crippen LogP contribution in [0.4, 0.5) is 0 Å². The lowest BCUT2D eigenvalue weighted by atomic mass is 9.78. The van der Waals surface area contributed by atoms with Crippen LogP contribution >= 0.6 is 0 Å². The third kappa shape index (κ3) is 2.40. The fraction of sp³-hybridized carbons (Fsp3) is 0.571. The summed E-state index contributed by atoms with van der Waals surface area (Å²) in [4.78, 5) is 0. The molecular weight excluding hydrogens is 182 g/mol. The van der Waals surface area contributed by atoms with Crippen LogP contribution in [0, 0.1) is 0 Å². The van der Waals surface area contributed by atoms with Gasteiger partial charge in [0.1, 0.15) is 0 Å². The molecule has 1 fully saturated rings. The van der Waals surface area contributed by atoms with Gasteiger partial charge < -0.3 is 5.32 Å². The molecule has 1 aromatic rings. The molecule has 0 unspecified atom stereocenters. The molecule has 0 radical (unpaired) electrons. The van der Waals surface area contributed by atoms with Gasteiger partial charge >= 0.3 is 0 Å². The molecule has 1 heteroatoms. The van der Waals surface area contributed by atoms with Crippen molar-refractivity contribution in [3.63, 3.8) is 0 Å². The van der Waals surface area contributed by atoms with Crippen LogP contribution < -0.4 is 5.32 Å². The summed E-state index contributed by atoms with van der Waals surface area (Å²) in [7, 11) is 0. The minimum atomic E-state index is 0.418. The lowest BCUT2D eigenvalue weighted by Gasteiger charge is -2.39.